The number of hydrogen-bond acceptors (Lipinski definition) is 3. The molecule has 0 atom stereocenters. The van der Waals surface area contributed by atoms with E-state index in [1.54, 1.807) is 6.07 Å². The van der Waals surface area contributed by atoms with Gasteiger partial charge in [0.1, 0.15) is 0 Å². The number of aliphatic hydroxyl groups excluding tert-OH is 1. The number of rotatable bonds is 6. The third kappa shape index (κ3) is 3.38. The van der Waals surface area contributed by atoms with Crippen molar-refractivity contribution in [1.29, 1.82) is 0 Å². The van der Waals surface area contributed by atoms with Crippen molar-refractivity contribution in [2.75, 3.05) is 13.2 Å². The van der Waals surface area contributed by atoms with Crippen LogP contribution in [-0.4, -0.2) is 24.2 Å². The van der Waals surface area contributed by atoms with Gasteiger partial charge in [-0.25, -0.2) is 0 Å². The highest BCUT2D eigenvalue weighted by Gasteiger charge is 2.32. The van der Waals surface area contributed by atoms with Crippen molar-refractivity contribution in [2.24, 2.45) is 11.1 Å². The Hall–Kier alpha value is -1.39. The Morgan fingerprint density at radius 2 is 2.10 bits per heavy atom. The lowest BCUT2D eigenvalue weighted by molar-refractivity contribution is 0.1000. The van der Waals surface area contributed by atoms with E-state index in [1.807, 2.05) is 19.1 Å². The molecule has 1 aliphatic rings. The molecule has 0 aliphatic heterocycles. The number of benzene rings is 1. The molecule has 0 heterocycles. The molecule has 4 N–H and O–H groups in total. The molecule has 110 valence electrons. The summed E-state index contributed by atoms with van der Waals surface area (Å²) in [5.74, 6) is -0.391. The van der Waals surface area contributed by atoms with Gasteiger partial charge in [-0.1, -0.05) is 18.9 Å². The van der Waals surface area contributed by atoms with Gasteiger partial charge < -0.3 is 16.2 Å². The van der Waals surface area contributed by atoms with E-state index < -0.39 is 5.91 Å². The van der Waals surface area contributed by atoms with Gasteiger partial charge in [0, 0.05) is 30.7 Å². The molecule has 1 aliphatic carbocycles. The molecular weight excluding hydrogens is 252 g/mol. The number of primary amides is 1. The summed E-state index contributed by atoms with van der Waals surface area (Å²) in [4.78, 5) is 11.1. The molecule has 0 saturated heterocycles. The number of hydrogen-bond donors (Lipinski definition) is 3. The summed E-state index contributed by atoms with van der Waals surface area (Å²) in [6, 6.07) is 5.54. The largest absolute Gasteiger partial charge is 0.396 e. The van der Waals surface area contributed by atoms with Crippen molar-refractivity contribution in [2.45, 2.75) is 39.2 Å². The Morgan fingerprint density at radius 1 is 1.40 bits per heavy atom. The van der Waals surface area contributed by atoms with E-state index in [0.29, 0.717) is 5.56 Å². The van der Waals surface area contributed by atoms with E-state index in [0.717, 1.165) is 31.5 Å². The summed E-state index contributed by atoms with van der Waals surface area (Å²) in [6.45, 7) is 3.85. The topological polar surface area (TPSA) is 75.4 Å². The summed E-state index contributed by atoms with van der Waals surface area (Å²) in [5.41, 5.74) is 8.12. The molecule has 0 spiro atoms. The zero-order chi connectivity index (χ0) is 14.6. The number of carbonyl (C=O) groups is 1. The summed E-state index contributed by atoms with van der Waals surface area (Å²) in [6.07, 6.45) is 4.65. The molecule has 1 fully saturated rings. The molecule has 0 radical (unpaired) electrons. The zero-order valence-corrected chi connectivity index (χ0v) is 12.1. The first kappa shape index (κ1) is 15.0. The van der Waals surface area contributed by atoms with Gasteiger partial charge in [-0.2, -0.15) is 0 Å². The number of aliphatic hydroxyl groups is 1. The Labute approximate surface area is 120 Å². The summed E-state index contributed by atoms with van der Waals surface area (Å²) < 4.78 is 0. The van der Waals surface area contributed by atoms with Crippen LogP contribution >= 0.6 is 0 Å². The van der Waals surface area contributed by atoms with Gasteiger partial charge in [0.15, 0.2) is 0 Å². The fourth-order valence-corrected chi connectivity index (χ4v) is 3.03. The van der Waals surface area contributed by atoms with Crippen LogP contribution in [0.15, 0.2) is 18.2 Å². The first-order valence-electron chi connectivity index (χ1n) is 7.27. The molecule has 1 saturated carbocycles. The molecular formula is C16H24N2O2. The molecule has 1 amide bonds. The van der Waals surface area contributed by atoms with E-state index in [1.165, 1.54) is 18.4 Å². The Kier molecular flexibility index (Phi) is 4.78. The highest BCUT2D eigenvalue weighted by atomic mass is 16.3. The molecule has 2 rings (SSSR count). The lowest BCUT2D eigenvalue weighted by Crippen LogP contribution is -2.34. The van der Waals surface area contributed by atoms with Crippen LogP contribution in [0.25, 0.3) is 0 Å². The first-order chi connectivity index (χ1) is 9.56. The fraction of sp³-hybridized carbons (Fsp3) is 0.562. The predicted molar refractivity (Wildman–Crippen MR) is 79.4 cm³/mol. The second kappa shape index (κ2) is 6.37. The van der Waals surface area contributed by atoms with E-state index >= 15 is 0 Å². The van der Waals surface area contributed by atoms with Crippen LogP contribution < -0.4 is 11.1 Å². The van der Waals surface area contributed by atoms with E-state index in [-0.39, 0.29) is 12.0 Å². The van der Waals surface area contributed by atoms with Crippen molar-refractivity contribution in [3.05, 3.63) is 34.9 Å². The highest BCUT2D eigenvalue weighted by Crippen LogP contribution is 2.36. The van der Waals surface area contributed by atoms with Crippen LogP contribution in [0, 0.1) is 12.3 Å². The molecule has 1 aromatic rings. The standard InChI is InChI=1S/C16H24N2O2/c1-12-8-13(15(17)20)4-5-14(12)9-18-10-16(11-19)6-2-3-7-16/h4-5,8,18-19H,2-3,6-7,9-11H2,1H3,(H2,17,20). The number of aryl methyl sites for hydroxylation is 1. The van der Waals surface area contributed by atoms with Crippen molar-refractivity contribution in [3.63, 3.8) is 0 Å². The summed E-state index contributed by atoms with van der Waals surface area (Å²) in [5, 5.41) is 13.0. The Balaban J connectivity index is 1.92. The van der Waals surface area contributed by atoms with Gasteiger partial charge in [-0.3, -0.25) is 4.79 Å². The normalized spacial score (nSPS) is 17.3. The molecule has 0 aromatic heterocycles. The second-order valence-corrected chi connectivity index (χ2v) is 5.97. The van der Waals surface area contributed by atoms with Gasteiger partial charge in [-0.05, 0) is 43.0 Å². The second-order valence-electron chi connectivity index (χ2n) is 5.97. The van der Waals surface area contributed by atoms with E-state index in [4.69, 9.17) is 5.73 Å². The van der Waals surface area contributed by atoms with Crippen LogP contribution in [0.3, 0.4) is 0 Å². The molecule has 0 unspecified atom stereocenters. The Morgan fingerprint density at radius 3 is 2.65 bits per heavy atom. The van der Waals surface area contributed by atoms with Crippen LogP contribution in [0.4, 0.5) is 0 Å². The van der Waals surface area contributed by atoms with Gasteiger partial charge in [0.25, 0.3) is 0 Å². The van der Waals surface area contributed by atoms with Gasteiger partial charge in [0.05, 0.1) is 0 Å². The molecule has 0 bridgehead atoms. The molecule has 20 heavy (non-hydrogen) atoms. The third-order valence-electron chi connectivity index (χ3n) is 4.44. The summed E-state index contributed by atoms with van der Waals surface area (Å²) >= 11 is 0. The van der Waals surface area contributed by atoms with Crippen molar-refractivity contribution >= 4 is 5.91 Å². The smallest absolute Gasteiger partial charge is 0.248 e. The maximum Gasteiger partial charge on any atom is 0.248 e. The number of nitrogens with two attached hydrogens (primary N) is 1. The van der Waals surface area contributed by atoms with E-state index in [2.05, 4.69) is 5.32 Å². The monoisotopic (exact) mass is 276 g/mol. The van der Waals surface area contributed by atoms with Gasteiger partial charge in [-0.15, -0.1) is 0 Å². The van der Waals surface area contributed by atoms with Crippen molar-refractivity contribution < 1.29 is 9.90 Å². The van der Waals surface area contributed by atoms with Crippen molar-refractivity contribution in [3.8, 4) is 0 Å². The molecule has 1 aromatic carbocycles. The Bertz CT molecular complexity index is 479. The van der Waals surface area contributed by atoms with Crippen LogP contribution in [0.2, 0.25) is 0 Å². The first-order valence-corrected chi connectivity index (χ1v) is 7.27. The molecule has 4 nitrogen and oxygen atoms in total. The maximum absolute atomic E-state index is 11.1. The highest BCUT2D eigenvalue weighted by molar-refractivity contribution is 5.93. The SMILES string of the molecule is Cc1cc(C(N)=O)ccc1CNCC1(CO)CCCC1. The van der Waals surface area contributed by atoms with Crippen LogP contribution in [0.5, 0.6) is 0 Å². The number of nitrogens with one attached hydrogen (secondary N) is 1. The van der Waals surface area contributed by atoms with Crippen molar-refractivity contribution in [1.82, 2.24) is 5.32 Å². The quantitative estimate of drug-likeness (QED) is 0.740. The lowest BCUT2D eigenvalue weighted by Gasteiger charge is -2.27. The average Bonchev–Trinajstić information content (AvgIpc) is 2.90. The predicted octanol–water partition coefficient (Wildman–Crippen LogP) is 1.74. The number of carbonyl (C=O) groups excluding carboxylic acids is 1. The minimum atomic E-state index is -0.391. The molecule has 4 heteroatoms. The van der Waals surface area contributed by atoms with E-state index in [9.17, 15) is 9.90 Å². The fourth-order valence-electron chi connectivity index (χ4n) is 3.03. The average molecular weight is 276 g/mol. The zero-order valence-electron chi connectivity index (χ0n) is 12.1. The maximum atomic E-state index is 11.1. The van der Waals surface area contributed by atoms with Crippen LogP contribution in [0.1, 0.15) is 47.2 Å². The lowest BCUT2D eigenvalue weighted by atomic mass is 9.87. The third-order valence-corrected chi connectivity index (χ3v) is 4.44. The van der Waals surface area contributed by atoms with Crippen LogP contribution in [-0.2, 0) is 6.54 Å². The minimum Gasteiger partial charge on any atom is -0.396 e. The van der Waals surface area contributed by atoms with Gasteiger partial charge in [0.2, 0.25) is 5.91 Å². The number of amides is 1. The van der Waals surface area contributed by atoms with Gasteiger partial charge >= 0.3 is 0 Å². The minimum absolute atomic E-state index is 0.0705. The summed E-state index contributed by atoms with van der Waals surface area (Å²) in [7, 11) is 0.